The predicted molar refractivity (Wildman–Crippen MR) is 72.9 cm³/mol. The van der Waals surface area contributed by atoms with Gasteiger partial charge in [-0.15, -0.1) is 0 Å². The summed E-state index contributed by atoms with van der Waals surface area (Å²) in [7, 11) is 0. The monoisotopic (exact) mass is 286 g/mol. The molecular weight excluding hydrogens is 272 g/mol. The van der Waals surface area contributed by atoms with E-state index in [9.17, 15) is 20.0 Å². The average molecular weight is 287 g/mol. The predicted octanol–water partition coefficient (Wildman–Crippen LogP) is 2.63. The molecule has 0 fully saturated rings. The number of ketones is 1. The molecule has 104 valence electrons. The molecule has 0 unspecified atom stereocenters. The number of carbonyl (C=O) groups excluding carboxylic acids is 1. The molecular formula is C12H15ClN2O4. The molecule has 0 saturated carbocycles. The van der Waals surface area contributed by atoms with Crippen molar-refractivity contribution in [1.29, 1.82) is 0 Å². The number of hydrogen-bond donors (Lipinski definition) is 2. The molecule has 0 radical (unpaired) electrons. The number of carbonyl (C=O) groups is 1. The first-order chi connectivity index (χ1) is 8.61. The fourth-order valence-electron chi connectivity index (χ4n) is 1.44. The van der Waals surface area contributed by atoms with Gasteiger partial charge in [-0.25, -0.2) is 0 Å². The Morgan fingerprint density at radius 2 is 2.11 bits per heavy atom. The molecule has 1 rings (SSSR count). The third kappa shape index (κ3) is 4.18. The Hall–Kier alpha value is -1.66. The quantitative estimate of drug-likeness (QED) is 0.493. The molecule has 0 saturated heterocycles. The van der Waals surface area contributed by atoms with Crippen LogP contribution in [0.1, 0.15) is 31.1 Å². The summed E-state index contributed by atoms with van der Waals surface area (Å²) >= 11 is 5.91. The maximum absolute atomic E-state index is 11.3. The summed E-state index contributed by atoms with van der Waals surface area (Å²) in [5.74, 6) is -0.345. The lowest BCUT2D eigenvalue weighted by Crippen LogP contribution is -2.29. The van der Waals surface area contributed by atoms with Crippen LogP contribution in [0.15, 0.2) is 12.1 Å². The Bertz CT molecular complexity index is 523. The minimum Gasteiger partial charge on any atom is -0.389 e. The van der Waals surface area contributed by atoms with Crippen LogP contribution in [0, 0.1) is 10.1 Å². The molecule has 6 nitrogen and oxygen atoms in total. The van der Waals surface area contributed by atoms with E-state index >= 15 is 0 Å². The molecule has 0 spiro atoms. The number of rotatable bonds is 5. The number of nitro benzene ring substituents is 1. The third-order valence-electron chi connectivity index (χ3n) is 2.37. The second-order valence-electron chi connectivity index (χ2n) is 4.83. The van der Waals surface area contributed by atoms with Crippen LogP contribution in [0.2, 0.25) is 5.02 Å². The van der Waals surface area contributed by atoms with Gasteiger partial charge in [-0.2, -0.15) is 0 Å². The highest BCUT2D eigenvalue weighted by molar-refractivity contribution is 6.34. The Labute approximate surface area is 115 Å². The van der Waals surface area contributed by atoms with E-state index in [1.807, 2.05) is 0 Å². The average Bonchev–Trinajstić information content (AvgIpc) is 2.24. The number of nitro groups is 1. The maximum atomic E-state index is 11.3. The van der Waals surface area contributed by atoms with Crippen molar-refractivity contribution in [3.63, 3.8) is 0 Å². The molecule has 0 aliphatic rings. The second kappa shape index (κ2) is 5.54. The molecule has 1 aromatic rings. The van der Waals surface area contributed by atoms with Gasteiger partial charge in [0, 0.05) is 18.2 Å². The highest BCUT2D eigenvalue weighted by atomic mass is 35.5. The largest absolute Gasteiger partial charge is 0.389 e. The summed E-state index contributed by atoms with van der Waals surface area (Å²) in [6, 6.07) is 2.46. The van der Waals surface area contributed by atoms with Gasteiger partial charge in [-0.1, -0.05) is 11.6 Å². The van der Waals surface area contributed by atoms with Crippen LogP contribution in [0.3, 0.4) is 0 Å². The van der Waals surface area contributed by atoms with Crippen molar-refractivity contribution >= 4 is 28.8 Å². The van der Waals surface area contributed by atoms with E-state index in [0.29, 0.717) is 0 Å². The van der Waals surface area contributed by atoms with Crippen molar-refractivity contribution < 1.29 is 14.8 Å². The number of halogens is 1. The zero-order valence-corrected chi connectivity index (χ0v) is 11.6. The van der Waals surface area contributed by atoms with Crippen LogP contribution in [-0.2, 0) is 0 Å². The van der Waals surface area contributed by atoms with Crippen LogP contribution < -0.4 is 5.32 Å². The van der Waals surface area contributed by atoms with Crippen LogP contribution in [-0.4, -0.2) is 28.0 Å². The number of aliphatic hydroxyl groups is 1. The molecule has 0 bridgehead atoms. The van der Waals surface area contributed by atoms with Crippen molar-refractivity contribution in [2.75, 3.05) is 11.9 Å². The molecule has 0 aliphatic carbocycles. The molecule has 0 atom stereocenters. The number of nitrogens with zero attached hydrogens (tertiary/aromatic N) is 1. The zero-order chi connectivity index (χ0) is 14.8. The van der Waals surface area contributed by atoms with Crippen LogP contribution in [0.5, 0.6) is 0 Å². The van der Waals surface area contributed by atoms with Gasteiger partial charge in [0.05, 0.1) is 15.5 Å². The molecule has 19 heavy (non-hydrogen) atoms. The summed E-state index contributed by atoms with van der Waals surface area (Å²) in [5, 5.41) is 23.5. The van der Waals surface area contributed by atoms with Crippen molar-refractivity contribution in [2.24, 2.45) is 0 Å². The Balaban J connectivity index is 3.20. The van der Waals surface area contributed by atoms with Crippen LogP contribution in [0.4, 0.5) is 11.4 Å². The number of nitrogens with one attached hydrogen (secondary N) is 1. The lowest BCUT2D eigenvalue weighted by molar-refractivity contribution is -0.384. The van der Waals surface area contributed by atoms with Gasteiger partial charge in [-0.3, -0.25) is 14.9 Å². The van der Waals surface area contributed by atoms with Gasteiger partial charge in [-0.05, 0) is 26.8 Å². The lowest BCUT2D eigenvalue weighted by Gasteiger charge is -2.18. The molecule has 0 heterocycles. The van der Waals surface area contributed by atoms with E-state index in [2.05, 4.69) is 5.32 Å². The summed E-state index contributed by atoms with van der Waals surface area (Å²) in [4.78, 5) is 21.7. The van der Waals surface area contributed by atoms with Gasteiger partial charge in [0.25, 0.3) is 5.69 Å². The van der Waals surface area contributed by atoms with Crippen molar-refractivity contribution in [2.45, 2.75) is 26.4 Å². The van der Waals surface area contributed by atoms with E-state index in [-0.39, 0.29) is 34.3 Å². The highest BCUT2D eigenvalue weighted by Crippen LogP contribution is 2.31. The number of hydrogen-bond acceptors (Lipinski definition) is 5. The Morgan fingerprint density at radius 1 is 1.53 bits per heavy atom. The van der Waals surface area contributed by atoms with Gasteiger partial charge in [0.1, 0.15) is 5.69 Å². The number of Topliss-reactive ketones (excluding diaryl/α,β-unsaturated/α-hetero) is 1. The maximum Gasteiger partial charge on any atom is 0.293 e. The first-order valence-electron chi connectivity index (χ1n) is 5.57. The highest BCUT2D eigenvalue weighted by Gasteiger charge is 2.21. The van der Waals surface area contributed by atoms with Crippen molar-refractivity contribution in [1.82, 2.24) is 0 Å². The second-order valence-corrected chi connectivity index (χ2v) is 5.24. The van der Waals surface area contributed by atoms with Crippen LogP contribution in [0.25, 0.3) is 0 Å². The smallest absolute Gasteiger partial charge is 0.293 e. The summed E-state index contributed by atoms with van der Waals surface area (Å²) < 4.78 is 0. The first-order valence-corrected chi connectivity index (χ1v) is 5.95. The van der Waals surface area contributed by atoms with Gasteiger partial charge in [0.2, 0.25) is 0 Å². The molecule has 7 heteroatoms. The van der Waals surface area contributed by atoms with Crippen LogP contribution >= 0.6 is 11.6 Å². The van der Waals surface area contributed by atoms with E-state index < -0.39 is 10.5 Å². The van der Waals surface area contributed by atoms with E-state index in [0.717, 1.165) is 6.07 Å². The van der Waals surface area contributed by atoms with E-state index in [1.54, 1.807) is 13.8 Å². The molecule has 0 amide bonds. The molecule has 0 aliphatic heterocycles. The summed E-state index contributed by atoms with van der Waals surface area (Å²) in [6.45, 7) is 4.53. The van der Waals surface area contributed by atoms with E-state index in [1.165, 1.54) is 13.0 Å². The normalized spacial score (nSPS) is 11.2. The van der Waals surface area contributed by atoms with Gasteiger partial charge < -0.3 is 10.4 Å². The Morgan fingerprint density at radius 3 is 2.53 bits per heavy atom. The zero-order valence-electron chi connectivity index (χ0n) is 10.9. The van der Waals surface area contributed by atoms with Gasteiger partial charge >= 0.3 is 0 Å². The molecule has 1 aromatic carbocycles. The first kappa shape index (κ1) is 15.4. The molecule has 0 aromatic heterocycles. The summed E-state index contributed by atoms with van der Waals surface area (Å²) in [5.41, 5.74) is -1.01. The SMILES string of the molecule is CC(=O)c1cc([N+](=O)[O-])c(NCC(C)(C)O)cc1Cl. The van der Waals surface area contributed by atoms with Crippen molar-refractivity contribution in [3.8, 4) is 0 Å². The Kier molecular flexibility index (Phi) is 4.49. The fraction of sp³-hybridized carbons (Fsp3) is 0.417. The third-order valence-corrected chi connectivity index (χ3v) is 2.69. The van der Waals surface area contributed by atoms with E-state index in [4.69, 9.17) is 11.6 Å². The van der Waals surface area contributed by atoms with Gasteiger partial charge in [0.15, 0.2) is 5.78 Å². The lowest BCUT2D eigenvalue weighted by atomic mass is 10.1. The topological polar surface area (TPSA) is 92.5 Å². The summed E-state index contributed by atoms with van der Waals surface area (Å²) in [6.07, 6.45) is 0. The number of benzene rings is 1. The molecule has 2 N–H and O–H groups in total. The fourth-order valence-corrected chi connectivity index (χ4v) is 1.73. The minimum atomic E-state index is -1.03. The van der Waals surface area contributed by atoms with Crippen molar-refractivity contribution in [3.05, 3.63) is 32.8 Å². The minimum absolute atomic E-state index is 0.0992. The number of anilines is 1. The standard InChI is InChI=1S/C12H15ClN2O4/c1-7(16)8-4-11(15(18)19)10(5-9(8)13)14-6-12(2,3)17/h4-5,14,17H,6H2,1-3H3.